The highest BCUT2D eigenvalue weighted by Gasteiger charge is 2.36. The van der Waals surface area contributed by atoms with E-state index in [1.165, 1.54) is 7.11 Å². The van der Waals surface area contributed by atoms with Crippen LogP contribution in [0.15, 0.2) is 22.7 Å². The predicted octanol–water partition coefficient (Wildman–Crippen LogP) is 2.21. The number of carbonyl (C=O) groups excluding carboxylic acids is 1. The van der Waals surface area contributed by atoms with Gasteiger partial charge in [0.1, 0.15) is 6.04 Å². The van der Waals surface area contributed by atoms with E-state index in [2.05, 4.69) is 15.9 Å². The van der Waals surface area contributed by atoms with Crippen LogP contribution in [0.3, 0.4) is 0 Å². The Morgan fingerprint density at radius 1 is 1.63 bits per heavy atom. The molecule has 0 bridgehead atoms. The molecule has 1 saturated heterocycles. The Balaban J connectivity index is 2.14. The number of aliphatic hydroxyl groups is 1. The van der Waals surface area contributed by atoms with Gasteiger partial charge in [0.15, 0.2) is 0 Å². The second-order valence-electron chi connectivity index (χ2n) is 4.59. The molecule has 1 aromatic carbocycles. The molecule has 0 radical (unpaired) electrons. The summed E-state index contributed by atoms with van der Waals surface area (Å²) in [6, 6.07) is 5.14. The number of carbonyl (C=O) groups is 1. The highest BCUT2D eigenvalue weighted by atomic mass is 79.9. The molecule has 2 atom stereocenters. The molecule has 4 nitrogen and oxygen atoms in total. The number of nitrogens with zero attached hydrogens (tertiary/aromatic N) is 1. The largest absolute Gasteiger partial charge is 0.468 e. The van der Waals surface area contributed by atoms with Gasteiger partial charge < -0.3 is 9.84 Å². The molecule has 0 spiro atoms. The molecule has 2 rings (SSSR count). The summed E-state index contributed by atoms with van der Waals surface area (Å²) in [5.41, 5.74) is 1.02. The van der Waals surface area contributed by atoms with Gasteiger partial charge in [-0.1, -0.05) is 33.6 Å². The molecule has 1 N–H and O–H groups in total. The molecule has 19 heavy (non-hydrogen) atoms. The number of benzene rings is 1. The van der Waals surface area contributed by atoms with Crippen molar-refractivity contribution < 1.29 is 14.6 Å². The molecule has 0 aliphatic carbocycles. The first-order valence-corrected chi connectivity index (χ1v) is 7.12. The van der Waals surface area contributed by atoms with Crippen LogP contribution in [0.4, 0.5) is 0 Å². The third kappa shape index (κ3) is 3.48. The average Bonchev–Trinajstić information content (AvgIpc) is 2.73. The van der Waals surface area contributed by atoms with Crippen molar-refractivity contribution >= 4 is 33.5 Å². The molecule has 1 fully saturated rings. The molecule has 1 aliphatic rings. The summed E-state index contributed by atoms with van der Waals surface area (Å²) in [5, 5.41) is 10.4. The highest BCUT2D eigenvalue weighted by molar-refractivity contribution is 9.10. The van der Waals surface area contributed by atoms with Gasteiger partial charge in [-0.3, -0.25) is 9.69 Å². The van der Waals surface area contributed by atoms with Crippen molar-refractivity contribution in [3.63, 3.8) is 0 Å². The van der Waals surface area contributed by atoms with Gasteiger partial charge in [-0.2, -0.15) is 0 Å². The first-order chi connectivity index (χ1) is 9.01. The molecule has 0 amide bonds. The lowest BCUT2D eigenvalue weighted by atomic mass is 10.2. The van der Waals surface area contributed by atoms with Gasteiger partial charge in [0.25, 0.3) is 0 Å². The van der Waals surface area contributed by atoms with Gasteiger partial charge in [-0.25, -0.2) is 0 Å². The van der Waals surface area contributed by atoms with Gasteiger partial charge in [0.05, 0.1) is 13.2 Å². The molecule has 1 aromatic rings. The van der Waals surface area contributed by atoms with Crippen molar-refractivity contribution in [3.8, 4) is 0 Å². The highest BCUT2D eigenvalue weighted by Crippen LogP contribution is 2.27. The molecule has 0 unspecified atom stereocenters. The van der Waals surface area contributed by atoms with E-state index < -0.39 is 6.10 Å². The first kappa shape index (κ1) is 14.8. The second kappa shape index (κ2) is 6.22. The number of esters is 1. The minimum Gasteiger partial charge on any atom is -0.468 e. The van der Waals surface area contributed by atoms with Crippen molar-refractivity contribution in [2.24, 2.45) is 0 Å². The number of halogens is 2. The van der Waals surface area contributed by atoms with E-state index in [0.717, 1.165) is 10.0 Å². The fourth-order valence-electron chi connectivity index (χ4n) is 2.30. The van der Waals surface area contributed by atoms with Crippen LogP contribution >= 0.6 is 27.5 Å². The maximum atomic E-state index is 11.7. The summed E-state index contributed by atoms with van der Waals surface area (Å²) in [6.45, 7) is 1.03. The number of ether oxygens (including phenoxy) is 1. The van der Waals surface area contributed by atoms with Crippen LogP contribution in [0.1, 0.15) is 12.0 Å². The molecule has 0 saturated carbocycles. The Morgan fingerprint density at radius 3 is 3.00 bits per heavy atom. The number of aliphatic hydroxyl groups excluding tert-OH is 1. The van der Waals surface area contributed by atoms with Crippen molar-refractivity contribution in [1.82, 2.24) is 4.90 Å². The summed E-state index contributed by atoms with van der Waals surface area (Å²) >= 11 is 9.35. The van der Waals surface area contributed by atoms with E-state index in [1.807, 2.05) is 17.0 Å². The number of hydrogen-bond acceptors (Lipinski definition) is 4. The van der Waals surface area contributed by atoms with E-state index in [4.69, 9.17) is 16.3 Å². The summed E-state index contributed by atoms with van der Waals surface area (Å²) in [5.74, 6) is -0.304. The zero-order chi connectivity index (χ0) is 14.0. The Bertz CT molecular complexity index is 483. The normalized spacial score (nSPS) is 23.6. The van der Waals surface area contributed by atoms with Gasteiger partial charge in [-0.15, -0.1) is 0 Å². The van der Waals surface area contributed by atoms with Crippen LogP contribution in [-0.2, 0) is 16.1 Å². The van der Waals surface area contributed by atoms with Gasteiger partial charge in [0.2, 0.25) is 0 Å². The van der Waals surface area contributed by atoms with E-state index >= 15 is 0 Å². The van der Waals surface area contributed by atoms with Gasteiger partial charge >= 0.3 is 5.97 Å². The molecular weight excluding hydrogens is 334 g/mol. The van der Waals surface area contributed by atoms with Crippen LogP contribution < -0.4 is 0 Å². The van der Waals surface area contributed by atoms with Crippen molar-refractivity contribution in [1.29, 1.82) is 0 Å². The summed E-state index contributed by atoms with van der Waals surface area (Å²) in [6.07, 6.45) is -0.0760. The zero-order valence-electron chi connectivity index (χ0n) is 10.5. The number of β-amino-alcohol motifs (C(OH)–C–C–N with tert-alkyl or cyclic N) is 1. The van der Waals surface area contributed by atoms with E-state index in [-0.39, 0.29) is 12.0 Å². The SMILES string of the molecule is COC(=O)[C@@H]1C[C@@H](O)CN1Cc1ccc(Cl)cc1Br. The monoisotopic (exact) mass is 347 g/mol. The Hall–Kier alpha value is -0.620. The van der Waals surface area contributed by atoms with Crippen LogP contribution in [0.5, 0.6) is 0 Å². The van der Waals surface area contributed by atoms with E-state index in [0.29, 0.717) is 24.5 Å². The maximum absolute atomic E-state index is 11.7. The third-order valence-corrected chi connectivity index (χ3v) is 4.22. The Labute approximate surface area is 125 Å². The smallest absolute Gasteiger partial charge is 0.323 e. The van der Waals surface area contributed by atoms with Gasteiger partial charge in [0, 0.05) is 29.0 Å². The topological polar surface area (TPSA) is 49.8 Å². The zero-order valence-corrected chi connectivity index (χ0v) is 12.8. The molecule has 104 valence electrons. The van der Waals surface area contributed by atoms with Crippen LogP contribution in [0.25, 0.3) is 0 Å². The van der Waals surface area contributed by atoms with E-state index in [9.17, 15) is 9.90 Å². The molecule has 0 aromatic heterocycles. The van der Waals surface area contributed by atoms with Crippen LogP contribution in [-0.4, -0.2) is 41.8 Å². The maximum Gasteiger partial charge on any atom is 0.323 e. The molecule has 1 heterocycles. The summed E-state index contributed by atoms with van der Waals surface area (Å²) < 4.78 is 5.67. The summed E-state index contributed by atoms with van der Waals surface area (Å²) in [7, 11) is 1.36. The number of likely N-dealkylation sites (tertiary alicyclic amines) is 1. The number of methoxy groups -OCH3 is 1. The lowest BCUT2D eigenvalue weighted by Crippen LogP contribution is -2.36. The lowest BCUT2D eigenvalue weighted by molar-refractivity contribution is -0.146. The second-order valence-corrected chi connectivity index (χ2v) is 5.88. The van der Waals surface area contributed by atoms with Gasteiger partial charge in [-0.05, 0) is 17.7 Å². The first-order valence-electron chi connectivity index (χ1n) is 5.95. The average molecular weight is 349 g/mol. The fourth-order valence-corrected chi connectivity index (χ4v) is 3.11. The Morgan fingerprint density at radius 2 is 2.37 bits per heavy atom. The van der Waals surface area contributed by atoms with Crippen LogP contribution in [0, 0.1) is 0 Å². The standard InChI is InChI=1S/C13H15BrClNO3/c1-19-13(18)12-5-10(17)7-16(12)6-8-2-3-9(15)4-11(8)14/h2-4,10,12,17H,5-7H2,1H3/t10-,12+/m1/s1. The molecular formula is C13H15BrClNO3. The lowest BCUT2D eigenvalue weighted by Gasteiger charge is -2.22. The number of hydrogen-bond donors (Lipinski definition) is 1. The van der Waals surface area contributed by atoms with Crippen molar-refractivity contribution in [3.05, 3.63) is 33.3 Å². The van der Waals surface area contributed by atoms with Crippen molar-refractivity contribution in [2.45, 2.75) is 25.1 Å². The summed E-state index contributed by atoms with van der Waals surface area (Å²) in [4.78, 5) is 13.6. The molecule has 6 heteroatoms. The third-order valence-electron chi connectivity index (χ3n) is 3.24. The Kier molecular flexibility index (Phi) is 4.84. The molecule has 1 aliphatic heterocycles. The van der Waals surface area contributed by atoms with Crippen LogP contribution in [0.2, 0.25) is 5.02 Å². The number of rotatable bonds is 3. The van der Waals surface area contributed by atoms with E-state index in [1.54, 1.807) is 6.07 Å². The quantitative estimate of drug-likeness (QED) is 0.851. The predicted molar refractivity (Wildman–Crippen MR) is 76.0 cm³/mol. The fraction of sp³-hybridized carbons (Fsp3) is 0.462. The minimum atomic E-state index is -0.491. The van der Waals surface area contributed by atoms with Crippen molar-refractivity contribution in [2.75, 3.05) is 13.7 Å². The minimum absolute atomic E-state index is 0.304.